The first-order valence-corrected chi connectivity index (χ1v) is 13.4. The van der Waals surface area contributed by atoms with Gasteiger partial charge < -0.3 is 0 Å². The van der Waals surface area contributed by atoms with Crippen molar-refractivity contribution in [1.82, 2.24) is 4.90 Å². The topological polar surface area (TPSA) is 83.9 Å². The lowest BCUT2D eigenvalue weighted by Gasteiger charge is -2.24. The maximum absolute atomic E-state index is 13.7. The number of carbonyl (C=O) groups excluding carboxylic acids is 2. The normalized spacial score (nSPS) is 19.7. The minimum atomic E-state index is -3.93. The van der Waals surface area contributed by atoms with Crippen LogP contribution in [-0.4, -0.2) is 42.0 Å². The second-order valence-corrected chi connectivity index (χ2v) is 11.2. The Labute approximate surface area is 202 Å². The molecule has 1 fully saturated rings. The smallest absolute Gasteiger partial charge is 0.260 e. The maximum atomic E-state index is 13.7. The first kappa shape index (κ1) is 22.6. The third-order valence-electron chi connectivity index (χ3n) is 6.08. The zero-order chi connectivity index (χ0) is 24.0. The van der Waals surface area contributed by atoms with E-state index in [0.717, 1.165) is 17.7 Å². The number of amidine groups is 1. The van der Waals surface area contributed by atoms with Crippen molar-refractivity contribution in [3.63, 3.8) is 0 Å². The number of nitrogens with zero attached hydrogens (tertiary/aromatic N) is 2. The monoisotopic (exact) mass is 490 g/mol. The van der Waals surface area contributed by atoms with E-state index in [1.165, 1.54) is 42.1 Å². The third kappa shape index (κ3) is 3.67. The van der Waals surface area contributed by atoms with Crippen molar-refractivity contribution in [3.8, 4) is 0 Å². The fraction of sp³-hybridized carbons (Fsp3) is 0.192. The molecule has 0 saturated carbocycles. The summed E-state index contributed by atoms with van der Waals surface area (Å²) in [4.78, 5) is 32.8. The lowest BCUT2D eigenvalue weighted by Crippen LogP contribution is -2.39. The summed E-state index contributed by atoms with van der Waals surface area (Å²) in [5.41, 5.74) is 2.29. The maximum Gasteiger partial charge on any atom is 0.260 e. The van der Waals surface area contributed by atoms with Gasteiger partial charge in [-0.15, -0.1) is 0 Å². The Morgan fingerprint density at radius 1 is 1.03 bits per heavy atom. The van der Waals surface area contributed by atoms with Crippen LogP contribution < -0.4 is 0 Å². The fourth-order valence-corrected chi connectivity index (χ4v) is 7.22. The number of hydrogen-bond acceptors (Lipinski definition) is 6. The number of amides is 1. The molecular weight excluding hydrogens is 468 g/mol. The number of rotatable bonds is 3. The van der Waals surface area contributed by atoms with Crippen LogP contribution in [0.1, 0.15) is 45.2 Å². The molecule has 34 heavy (non-hydrogen) atoms. The molecule has 0 spiro atoms. The van der Waals surface area contributed by atoms with Crippen LogP contribution in [0.25, 0.3) is 0 Å². The minimum absolute atomic E-state index is 0.0260. The SMILES string of the molecule is CCC1CSC(=Nc2cccc(C)c2)N1C(=O)c1ccc2c(c1)S(=O)(=O)c1ccccc1C2=O. The van der Waals surface area contributed by atoms with E-state index in [-0.39, 0.29) is 44.2 Å². The number of sulfone groups is 1. The van der Waals surface area contributed by atoms with Crippen molar-refractivity contribution < 1.29 is 18.0 Å². The molecule has 0 aromatic heterocycles. The molecule has 2 aliphatic rings. The van der Waals surface area contributed by atoms with E-state index in [1.54, 1.807) is 17.0 Å². The number of ketones is 1. The van der Waals surface area contributed by atoms with E-state index in [9.17, 15) is 18.0 Å². The Kier molecular flexibility index (Phi) is 5.65. The highest BCUT2D eigenvalue weighted by atomic mass is 32.2. The number of carbonyl (C=O) groups is 2. The summed E-state index contributed by atoms with van der Waals surface area (Å²) >= 11 is 1.51. The van der Waals surface area contributed by atoms with Gasteiger partial charge in [0, 0.05) is 28.5 Å². The van der Waals surface area contributed by atoms with E-state index >= 15 is 0 Å². The van der Waals surface area contributed by atoms with Crippen molar-refractivity contribution in [2.24, 2.45) is 4.99 Å². The van der Waals surface area contributed by atoms with Gasteiger partial charge in [0.15, 0.2) is 11.0 Å². The molecular formula is C26H22N2O4S2. The molecule has 0 N–H and O–H groups in total. The Bertz CT molecular complexity index is 1480. The van der Waals surface area contributed by atoms with Crippen LogP contribution in [0.15, 0.2) is 81.5 Å². The summed E-state index contributed by atoms with van der Waals surface area (Å²) in [7, 11) is -3.93. The molecule has 1 atom stereocenters. The van der Waals surface area contributed by atoms with E-state index in [2.05, 4.69) is 0 Å². The molecule has 2 aliphatic heterocycles. The zero-order valence-corrected chi connectivity index (χ0v) is 20.3. The number of fused-ring (bicyclic) bond motifs is 2. The van der Waals surface area contributed by atoms with Crippen molar-refractivity contribution in [2.75, 3.05) is 5.75 Å². The minimum Gasteiger partial charge on any atom is -0.289 e. The predicted octanol–water partition coefficient (Wildman–Crippen LogP) is 5.03. The molecule has 172 valence electrons. The molecule has 1 unspecified atom stereocenters. The van der Waals surface area contributed by atoms with Crippen molar-refractivity contribution in [2.45, 2.75) is 36.1 Å². The van der Waals surface area contributed by atoms with E-state index in [1.807, 2.05) is 38.1 Å². The van der Waals surface area contributed by atoms with Crippen LogP contribution >= 0.6 is 11.8 Å². The van der Waals surface area contributed by atoms with Gasteiger partial charge in [-0.25, -0.2) is 13.4 Å². The van der Waals surface area contributed by atoms with Gasteiger partial charge in [-0.05, 0) is 61.4 Å². The molecule has 0 radical (unpaired) electrons. The molecule has 3 aromatic carbocycles. The quantitative estimate of drug-likeness (QED) is 0.402. The fourth-order valence-electron chi connectivity index (χ4n) is 4.27. The Hall–Kier alpha value is -3.23. The summed E-state index contributed by atoms with van der Waals surface area (Å²) in [6.07, 6.45) is 0.737. The third-order valence-corrected chi connectivity index (χ3v) is 9.03. The van der Waals surface area contributed by atoms with Gasteiger partial charge >= 0.3 is 0 Å². The molecule has 3 aromatic rings. The number of aryl methyl sites for hydroxylation is 1. The molecule has 0 aliphatic carbocycles. The van der Waals surface area contributed by atoms with Gasteiger partial charge in [-0.3, -0.25) is 14.5 Å². The average molecular weight is 491 g/mol. The van der Waals surface area contributed by atoms with E-state index in [0.29, 0.717) is 10.9 Å². The van der Waals surface area contributed by atoms with Crippen LogP contribution in [0.3, 0.4) is 0 Å². The van der Waals surface area contributed by atoms with Crippen molar-refractivity contribution in [1.29, 1.82) is 0 Å². The Morgan fingerprint density at radius 2 is 1.79 bits per heavy atom. The highest BCUT2D eigenvalue weighted by Gasteiger charge is 2.38. The van der Waals surface area contributed by atoms with Gasteiger partial charge in [0.1, 0.15) is 0 Å². The number of aliphatic imine (C=N–C) groups is 1. The van der Waals surface area contributed by atoms with Gasteiger partial charge in [0.25, 0.3) is 5.91 Å². The zero-order valence-electron chi connectivity index (χ0n) is 18.7. The van der Waals surface area contributed by atoms with Crippen LogP contribution in [0, 0.1) is 6.92 Å². The number of benzene rings is 3. The van der Waals surface area contributed by atoms with Crippen LogP contribution in [-0.2, 0) is 9.84 Å². The van der Waals surface area contributed by atoms with Gasteiger partial charge in [0.05, 0.1) is 15.5 Å². The van der Waals surface area contributed by atoms with Crippen LogP contribution in [0.5, 0.6) is 0 Å². The molecule has 1 amide bonds. The molecule has 2 heterocycles. The molecule has 1 saturated heterocycles. The standard InChI is InChI=1S/C26H22N2O4S2/c1-3-19-15-33-26(27-18-8-6-7-16(2)13-18)28(19)25(30)17-11-12-21-23(14-17)34(31,32)22-10-5-4-9-20(22)24(21)29/h4-14,19H,3,15H2,1-2H3. The Morgan fingerprint density at radius 3 is 2.56 bits per heavy atom. The van der Waals surface area contributed by atoms with Crippen molar-refractivity contribution in [3.05, 3.63) is 89.0 Å². The van der Waals surface area contributed by atoms with Gasteiger partial charge in [-0.2, -0.15) is 0 Å². The summed E-state index contributed by atoms with van der Waals surface area (Å²) in [5, 5.41) is 0.587. The number of hydrogen-bond donors (Lipinski definition) is 0. The number of thioether (sulfide) groups is 1. The highest BCUT2D eigenvalue weighted by molar-refractivity contribution is 8.14. The second-order valence-electron chi connectivity index (χ2n) is 8.32. The lowest BCUT2D eigenvalue weighted by molar-refractivity contribution is 0.0818. The Balaban J connectivity index is 1.57. The highest BCUT2D eigenvalue weighted by Crippen LogP contribution is 2.36. The summed E-state index contributed by atoms with van der Waals surface area (Å²) in [6, 6.07) is 18.2. The van der Waals surface area contributed by atoms with Gasteiger partial charge in [0.2, 0.25) is 9.84 Å². The largest absolute Gasteiger partial charge is 0.289 e. The molecule has 5 rings (SSSR count). The van der Waals surface area contributed by atoms with Gasteiger partial charge in [-0.1, -0.05) is 43.0 Å². The second kappa shape index (κ2) is 8.52. The van der Waals surface area contributed by atoms with Crippen LogP contribution in [0.4, 0.5) is 5.69 Å². The molecule has 6 nitrogen and oxygen atoms in total. The van der Waals surface area contributed by atoms with Crippen molar-refractivity contribution >= 4 is 44.1 Å². The lowest BCUT2D eigenvalue weighted by atomic mass is 10.0. The summed E-state index contributed by atoms with van der Waals surface area (Å²) < 4.78 is 26.6. The first-order valence-electron chi connectivity index (χ1n) is 11.0. The summed E-state index contributed by atoms with van der Waals surface area (Å²) in [6.45, 7) is 3.99. The predicted molar refractivity (Wildman–Crippen MR) is 133 cm³/mol. The van der Waals surface area contributed by atoms with Crippen LogP contribution in [0.2, 0.25) is 0 Å². The first-order chi connectivity index (χ1) is 16.3. The van der Waals surface area contributed by atoms with E-state index < -0.39 is 9.84 Å². The molecule has 0 bridgehead atoms. The average Bonchev–Trinajstić information content (AvgIpc) is 3.24. The summed E-state index contributed by atoms with van der Waals surface area (Å²) in [5.74, 6) is 0.0268. The van der Waals surface area contributed by atoms with E-state index in [4.69, 9.17) is 4.99 Å². The molecule has 8 heteroatoms.